The molecule has 0 heterocycles. The number of carbonyl (C=O) groups is 1. The zero-order valence-electron chi connectivity index (χ0n) is 19.2. The molecule has 1 aliphatic rings. The van der Waals surface area contributed by atoms with Gasteiger partial charge in [-0.1, -0.05) is 58.0 Å². The van der Waals surface area contributed by atoms with Gasteiger partial charge in [0.05, 0.1) is 6.61 Å². The molecule has 0 aromatic heterocycles. The second kappa shape index (κ2) is 8.39. The molecule has 2 aromatic rings. The summed E-state index contributed by atoms with van der Waals surface area (Å²) < 4.78 is 0. The van der Waals surface area contributed by atoms with Gasteiger partial charge >= 0.3 is 0 Å². The number of rotatable bonds is 5. The summed E-state index contributed by atoms with van der Waals surface area (Å²) in [5.74, 6) is 0.0246. The Morgan fingerprint density at radius 3 is 2.17 bits per heavy atom. The first-order valence-corrected chi connectivity index (χ1v) is 10.9. The lowest BCUT2D eigenvalue weighted by atomic mass is 9.63. The van der Waals surface area contributed by atoms with Gasteiger partial charge in [-0.05, 0) is 78.0 Å². The first kappa shape index (κ1) is 22.3. The maximum atomic E-state index is 13.3. The van der Waals surface area contributed by atoms with E-state index in [-0.39, 0.29) is 23.3 Å². The van der Waals surface area contributed by atoms with E-state index < -0.39 is 0 Å². The molecular formula is C27H35NO2. The Kier molecular flexibility index (Phi) is 6.24. The summed E-state index contributed by atoms with van der Waals surface area (Å²) in [6.07, 6.45) is 4.25. The fraction of sp³-hybridized carbons (Fsp3) is 0.444. The first-order valence-electron chi connectivity index (χ1n) is 10.9. The van der Waals surface area contributed by atoms with Gasteiger partial charge in [-0.2, -0.15) is 0 Å². The quantitative estimate of drug-likeness (QED) is 0.621. The van der Waals surface area contributed by atoms with Gasteiger partial charge in [0, 0.05) is 17.8 Å². The number of aliphatic hydroxyl groups is 1. The van der Waals surface area contributed by atoms with Gasteiger partial charge in [0.2, 0.25) is 0 Å². The van der Waals surface area contributed by atoms with E-state index in [2.05, 4.69) is 45.9 Å². The number of nitrogens with zero attached hydrogens (tertiary/aromatic N) is 1. The van der Waals surface area contributed by atoms with E-state index in [0.29, 0.717) is 12.1 Å². The van der Waals surface area contributed by atoms with Gasteiger partial charge in [-0.25, -0.2) is 0 Å². The number of hydrogen-bond donors (Lipinski definition) is 1. The Bertz CT molecular complexity index is 951. The summed E-state index contributed by atoms with van der Waals surface area (Å²) in [4.78, 5) is 15.1. The fourth-order valence-corrected chi connectivity index (χ4v) is 4.43. The van der Waals surface area contributed by atoms with Crippen molar-refractivity contribution in [3.05, 3.63) is 70.3 Å². The van der Waals surface area contributed by atoms with E-state index in [1.165, 1.54) is 17.5 Å². The highest BCUT2D eigenvalue weighted by molar-refractivity contribution is 6.08. The molecule has 0 unspecified atom stereocenters. The van der Waals surface area contributed by atoms with E-state index in [4.69, 9.17) is 0 Å². The average Bonchev–Trinajstić information content (AvgIpc) is 2.72. The van der Waals surface area contributed by atoms with Crippen molar-refractivity contribution >= 4 is 17.7 Å². The lowest BCUT2D eigenvalue weighted by molar-refractivity contribution is -0.115. The van der Waals surface area contributed by atoms with Crippen molar-refractivity contribution in [2.45, 2.75) is 71.8 Å². The van der Waals surface area contributed by atoms with Crippen LogP contribution < -0.4 is 4.90 Å². The van der Waals surface area contributed by atoms with Crippen LogP contribution in [0.5, 0.6) is 0 Å². The lowest BCUT2D eigenvalue weighted by Crippen LogP contribution is -2.35. The summed E-state index contributed by atoms with van der Waals surface area (Å²) in [5.41, 5.74) is 6.55. The van der Waals surface area contributed by atoms with Gasteiger partial charge in [0.1, 0.15) is 0 Å². The van der Waals surface area contributed by atoms with Crippen molar-refractivity contribution < 1.29 is 9.90 Å². The highest BCUT2D eigenvalue weighted by Gasteiger charge is 2.37. The number of aliphatic hydroxyl groups excluding tert-OH is 1. The summed E-state index contributed by atoms with van der Waals surface area (Å²) in [5, 5.41) is 9.21. The second-order valence-corrected chi connectivity index (χ2v) is 9.77. The molecule has 1 aliphatic carbocycles. The van der Waals surface area contributed by atoms with Crippen molar-refractivity contribution in [3.8, 4) is 0 Å². The Hall–Kier alpha value is -2.39. The molecule has 0 fully saturated rings. The lowest BCUT2D eigenvalue weighted by Gasteiger charge is -2.42. The van der Waals surface area contributed by atoms with Crippen molar-refractivity contribution in [1.29, 1.82) is 0 Å². The van der Waals surface area contributed by atoms with Gasteiger partial charge in [-0.15, -0.1) is 0 Å². The number of amides is 1. The van der Waals surface area contributed by atoms with E-state index in [0.717, 1.165) is 23.2 Å². The number of fused-ring (bicyclic) bond motifs is 1. The zero-order valence-corrected chi connectivity index (χ0v) is 19.2. The van der Waals surface area contributed by atoms with E-state index in [1.54, 1.807) is 0 Å². The van der Waals surface area contributed by atoms with E-state index >= 15 is 0 Å². The second-order valence-electron chi connectivity index (χ2n) is 9.77. The molecule has 3 rings (SSSR count). The van der Waals surface area contributed by atoms with Crippen molar-refractivity contribution in [2.75, 3.05) is 11.4 Å². The molecule has 0 atom stereocenters. The zero-order chi connectivity index (χ0) is 22.1. The SMILES string of the molecule is CCN(C(=O)C(C)=Cc1ccc(CO)cc1)c1ccc2c(c1)C(C)(C)CCC2(C)C. The molecule has 0 aliphatic heterocycles. The standard InChI is InChI=1S/C27H35NO2/c1-7-28(25(30)19(2)16-20-8-10-21(18-29)11-9-20)22-12-13-23-24(17-22)27(5,6)15-14-26(23,3)4/h8-13,16-17,29H,7,14-15,18H2,1-6H3. The van der Waals surface area contributed by atoms with E-state index in [1.807, 2.05) is 49.1 Å². The van der Waals surface area contributed by atoms with Crippen LogP contribution >= 0.6 is 0 Å². The van der Waals surface area contributed by atoms with Gasteiger partial charge in [-0.3, -0.25) is 4.79 Å². The predicted octanol–water partition coefficient (Wildman–Crippen LogP) is 5.98. The van der Waals surface area contributed by atoms with Crippen LogP contribution in [0, 0.1) is 0 Å². The normalized spacial score (nSPS) is 17.4. The molecule has 160 valence electrons. The van der Waals surface area contributed by atoms with Crippen LogP contribution in [0.2, 0.25) is 0 Å². The molecule has 3 nitrogen and oxygen atoms in total. The number of carbonyl (C=O) groups excluding carboxylic acids is 1. The largest absolute Gasteiger partial charge is 0.392 e. The molecule has 3 heteroatoms. The molecule has 0 saturated carbocycles. The minimum Gasteiger partial charge on any atom is -0.392 e. The Balaban J connectivity index is 1.93. The van der Waals surface area contributed by atoms with E-state index in [9.17, 15) is 9.90 Å². The number of anilines is 1. The molecule has 0 saturated heterocycles. The number of hydrogen-bond acceptors (Lipinski definition) is 2. The Morgan fingerprint density at radius 2 is 1.60 bits per heavy atom. The van der Waals surface area contributed by atoms with Crippen LogP contribution in [0.15, 0.2) is 48.0 Å². The van der Waals surface area contributed by atoms with Crippen LogP contribution in [-0.2, 0) is 22.2 Å². The smallest absolute Gasteiger partial charge is 0.253 e. The summed E-state index contributed by atoms with van der Waals surface area (Å²) >= 11 is 0. The monoisotopic (exact) mass is 405 g/mol. The molecule has 2 aromatic carbocycles. The third kappa shape index (κ3) is 4.37. The predicted molar refractivity (Wildman–Crippen MR) is 126 cm³/mol. The van der Waals surface area contributed by atoms with Gasteiger partial charge in [0.25, 0.3) is 5.91 Å². The van der Waals surface area contributed by atoms with Crippen LogP contribution in [0.25, 0.3) is 6.08 Å². The maximum absolute atomic E-state index is 13.3. The molecular weight excluding hydrogens is 370 g/mol. The third-order valence-corrected chi connectivity index (χ3v) is 6.59. The average molecular weight is 406 g/mol. The molecule has 0 spiro atoms. The van der Waals surface area contributed by atoms with Crippen LogP contribution in [0.3, 0.4) is 0 Å². The van der Waals surface area contributed by atoms with Gasteiger partial charge < -0.3 is 10.0 Å². The van der Waals surface area contributed by atoms with Crippen molar-refractivity contribution in [2.24, 2.45) is 0 Å². The fourth-order valence-electron chi connectivity index (χ4n) is 4.43. The number of benzene rings is 2. The molecule has 1 N–H and O–H groups in total. The van der Waals surface area contributed by atoms with Crippen LogP contribution in [0.1, 0.15) is 76.6 Å². The number of likely N-dealkylation sites (N-methyl/N-ethyl adjacent to an activating group) is 1. The first-order chi connectivity index (χ1) is 14.1. The topological polar surface area (TPSA) is 40.5 Å². The molecule has 0 radical (unpaired) electrons. The highest BCUT2D eigenvalue weighted by Crippen LogP contribution is 2.46. The van der Waals surface area contributed by atoms with Crippen LogP contribution in [-0.4, -0.2) is 17.6 Å². The minimum atomic E-state index is 0.0246. The molecule has 1 amide bonds. The minimum absolute atomic E-state index is 0.0246. The van der Waals surface area contributed by atoms with Gasteiger partial charge in [0.15, 0.2) is 0 Å². The summed E-state index contributed by atoms with van der Waals surface area (Å²) in [6.45, 7) is 13.8. The summed E-state index contributed by atoms with van der Waals surface area (Å²) in [7, 11) is 0. The Morgan fingerprint density at radius 1 is 1.00 bits per heavy atom. The third-order valence-electron chi connectivity index (χ3n) is 6.59. The van der Waals surface area contributed by atoms with Crippen molar-refractivity contribution in [1.82, 2.24) is 0 Å². The van der Waals surface area contributed by atoms with Crippen LogP contribution in [0.4, 0.5) is 5.69 Å². The molecule has 30 heavy (non-hydrogen) atoms. The highest BCUT2D eigenvalue weighted by atomic mass is 16.3. The van der Waals surface area contributed by atoms with Crippen molar-refractivity contribution in [3.63, 3.8) is 0 Å². The Labute approximate surface area is 181 Å². The maximum Gasteiger partial charge on any atom is 0.253 e. The molecule has 0 bridgehead atoms. The summed E-state index contributed by atoms with van der Waals surface area (Å²) in [6, 6.07) is 14.2.